The molecule has 1 aliphatic rings. The third-order valence-electron chi connectivity index (χ3n) is 5.08. The van der Waals surface area contributed by atoms with Crippen molar-refractivity contribution >= 4 is 34.5 Å². The fourth-order valence-electron chi connectivity index (χ4n) is 3.76. The number of aromatic nitrogens is 3. The molecule has 1 aromatic carbocycles. The van der Waals surface area contributed by atoms with Crippen LogP contribution >= 0.6 is 11.6 Å². The summed E-state index contributed by atoms with van der Waals surface area (Å²) in [6.45, 7) is 1.20. The lowest BCUT2D eigenvalue weighted by molar-refractivity contribution is 0.221. The number of carbonyl (C=O) groups is 1. The molecule has 0 radical (unpaired) electrons. The van der Waals surface area contributed by atoms with Gasteiger partial charge in [0.25, 0.3) is 0 Å². The third kappa shape index (κ3) is 3.34. The van der Waals surface area contributed by atoms with Crippen LogP contribution in [0.2, 0.25) is 5.02 Å². The molecule has 0 bridgehead atoms. The number of furan rings is 1. The van der Waals surface area contributed by atoms with Crippen molar-refractivity contribution in [1.29, 1.82) is 0 Å². The SMILES string of the molecule is O=C(Nc1cccc(Cl)c1)N1CC[C@@H](n2c(-c3ccco3)nc3cccnc32)C1. The molecule has 146 valence electrons. The highest BCUT2D eigenvalue weighted by atomic mass is 35.5. The van der Waals surface area contributed by atoms with Crippen LogP contribution in [0, 0.1) is 0 Å². The van der Waals surface area contributed by atoms with E-state index in [0.29, 0.717) is 29.6 Å². The van der Waals surface area contributed by atoms with E-state index in [2.05, 4.69) is 14.9 Å². The van der Waals surface area contributed by atoms with E-state index in [1.807, 2.05) is 36.4 Å². The van der Waals surface area contributed by atoms with Crippen LogP contribution in [0.25, 0.3) is 22.7 Å². The Morgan fingerprint density at radius 3 is 2.97 bits per heavy atom. The summed E-state index contributed by atoms with van der Waals surface area (Å²) in [5.74, 6) is 1.41. The predicted octanol–water partition coefficient (Wildman–Crippen LogP) is 4.82. The molecule has 2 amide bonds. The van der Waals surface area contributed by atoms with E-state index in [9.17, 15) is 4.79 Å². The lowest BCUT2D eigenvalue weighted by atomic mass is 10.2. The molecule has 1 fully saturated rings. The molecule has 4 aromatic rings. The minimum absolute atomic E-state index is 0.0557. The van der Waals surface area contributed by atoms with Crippen LogP contribution in [0.1, 0.15) is 12.5 Å². The number of carbonyl (C=O) groups excluding carboxylic acids is 1. The highest BCUT2D eigenvalue weighted by Gasteiger charge is 2.31. The number of urea groups is 1. The van der Waals surface area contributed by atoms with Crippen LogP contribution in [-0.4, -0.2) is 38.6 Å². The summed E-state index contributed by atoms with van der Waals surface area (Å²) in [6, 6.07) is 14.6. The number of likely N-dealkylation sites (tertiary alicyclic amines) is 1. The van der Waals surface area contributed by atoms with E-state index in [1.54, 1.807) is 29.5 Å². The summed E-state index contributed by atoms with van der Waals surface area (Å²) < 4.78 is 7.68. The summed E-state index contributed by atoms with van der Waals surface area (Å²) in [5.41, 5.74) is 2.28. The number of hydrogen-bond donors (Lipinski definition) is 1. The third-order valence-corrected chi connectivity index (χ3v) is 5.32. The smallest absolute Gasteiger partial charge is 0.321 e. The van der Waals surface area contributed by atoms with Gasteiger partial charge in [-0.1, -0.05) is 17.7 Å². The van der Waals surface area contributed by atoms with Gasteiger partial charge in [-0.25, -0.2) is 14.8 Å². The van der Waals surface area contributed by atoms with Crippen molar-refractivity contribution in [3.05, 3.63) is 66.0 Å². The molecule has 8 heteroatoms. The van der Waals surface area contributed by atoms with Crippen molar-refractivity contribution in [2.45, 2.75) is 12.5 Å². The van der Waals surface area contributed by atoms with E-state index in [4.69, 9.17) is 21.0 Å². The maximum atomic E-state index is 12.7. The van der Waals surface area contributed by atoms with Gasteiger partial charge in [0.05, 0.1) is 12.3 Å². The zero-order valence-corrected chi connectivity index (χ0v) is 16.2. The standard InChI is InChI=1S/C21H18ClN5O2/c22-14-4-1-5-15(12-14)24-21(28)26-10-8-16(13-26)27-19-17(6-2-9-23-19)25-20(27)18-7-3-11-29-18/h1-7,9,11-12,16H,8,10,13H2,(H,24,28)/t16-/m1/s1. The molecule has 7 nitrogen and oxygen atoms in total. The van der Waals surface area contributed by atoms with Crippen molar-refractivity contribution < 1.29 is 9.21 Å². The van der Waals surface area contributed by atoms with Gasteiger partial charge in [0.2, 0.25) is 0 Å². The maximum absolute atomic E-state index is 12.7. The monoisotopic (exact) mass is 407 g/mol. The first kappa shape index (κ1) is 17.8. The lowest BCUT2D eigenvalue weighted by Crippen LogP contribution is -2.33. The van der Waals surface area contributed by atoms with E-state index >= 15 is 0 Å². The summed E-state index contributed by atoms with van der Waals surface area (Å²) >= 11 is 6.01. The zero-order chi connectivity index (χ0) is 19.8. The van der Waals surface area contributed by atoms with Crippen LogP contribution in [0.5, 0.6) is 0 Å². The Morgan fingerprint density at radius 1 is 1.21 bits per heavy atom. The fourth-order valence-corrected chi connectivity index (χ4v) is 3.95. The Kier molecular flexibility index (Phi) is 4.44. The van der Waals surface area contributed by atoms with E-state index in [1.165, 1.54) is 0 Å². The molecule has 29 heavy (non-hydrogen) atoms. The molecule has 0 saturated carbocycles. The fraction of sp³-hybridized carbons (Fsp3) is 0.190. The summed E-state index contributed by atoms with van der Waals surface area (Å²) in [7, 11) is 0. The van der Waals surface area contributed by atoms with Gasteiger partial charge >= 0.3 is 6.03 Å². The van der Waals surface area contributed by atoms with Gasteiger partial charge in [-0.15, -0.1) is 0 Å². The number of nitrogens with one attached hydrogen (secondary N) is 1. The Balaban J connectivity index is 1.42. The van der Waals surface area contributed by atoms with Gasteiger partial charge in [0.1, 0.15) is 5.52 Å². The molecule has 5 rings (SSSR count). The van der Waals surface area contributed by atoms with E-state index in [0.717, 1.165) is 23.4 Å². The molecule has 1 saturated heterocycles. The largest absolute Gasteiger partial charge is 0.461 e. The van der Waals surface area contributed by atoms with Crippen LogP contribution in [-0.2, 0) is 0 Å². The van der Waals surface area contributed by atoms with Crippen molar-refractivity contribution in [1.82, 2.24) is 19.4 Å². The molecular weight excluding hydrogens is 390 g/mol. The minimum Gasteiger partial charge on any atom is -0.461 e. The highest BCUT2D eigenvalue weighted by Crippen LogP contribution is 2.32. The minimum atomic E-state index is -0.147. The number of rotatable bonds is 3. The molecule has 1 N–H and O–H groups in total. The molecule has 3 aromatic heterocycles. The van der Waals surface area contributed by atoms with Crippen molar-refractivity contribution in [3.63, 3.8) is 0 Å². The van der Waals surface area contributed by atoms with Crippen molar-refractivity contribution in [2.24, 2.45) is 0 Å². The Morgan fingerprint density at radius 2 is 2.14 bits per heavy atom. The van der Waals surface area contributed by atoms with Crippen LogP contribution in [0.15, 0.2) is 65.4 Å². The predicted molar refractivity (Wildman–Crippen MR) is 111 cm³/mol. The van der Waals surface area contributed by atoms with Gasteiger partial charge in [-0.3, -0.25) is 0 Å². The van der Waals surface area contributed by atoms with Crippen LogP contribution in [0.4, 0.5) is 10.5 Å². The molecular formula is C21H18ClN5O2. The number of hydrogen-bond acceptors (Lipinski definition) is 4. The Bertz CT molecular complexity index is 1170. The number of anilines is 1. The number of halogens is 1. The van der Waals surface area contributed by atoms with E-state index < -0.39 is 0 Å². The van der Waals surface area contributed by atoms with Gasteiger partial charge in [0.15, 0.2) is 17.2 Å². The molecule has 0 aliphatic carbocycles. The van der Waals surface area contributed by atoms with Gasteiger partial charge < -0.3 is 19.2 Å². The maximum Gasteiger partial charge on any atom is 0.321 e. The molecule has 0 spiro atoms. The number of benzene rings is 1. The van der Waals surface area contributed by atoms with Crippen LogP contribution < -0.4 is 5.32 Å². The average Bonchev–Trinajstić information content (AvgIpc) is 3.46. The van der Waals surface area contributed by atoms with E-state index in [-0.39, 0.29) is 12.1 Å². The Labute approximate surface area is 171 Å². The second-order valence-electron chi connectivity index (χ2n) is 6.96. The topological polar surface area (TPSA) is 76.2 Å². The molecule has 1 atom stereocenters. The summed E-state index contributed by atoms with van der Waals surface area (Å²) in [6.07, 6.45) is 4.19. The molecule has 0 unspecified atom stereocenters. The van der Waals surface area contributed by atoms with Crippen molar-refractivity contribution in [3.8, 4) is 11.6 Å². The van der Waals surface area contributed by atoms with Crippen LogP contribution in [0.3, 0.4) is 0 Å². The number of fused-ring (bicyclic) bond motifs is 1. The number of imidazole rings is 1. The molecule has 4 heterocycles. The Hall–Kier alpha value is -3.32. The molecule has 1 aliphatic heterocycles. The quantitative estimate of drug-likeness (QED) is 0.528. The van der Waals surface area contributed by atoms with Gasteiger partial charge in [0, 0.05) is 30.0 Å². The highest BCUT2D eigenvalue weighted by molar-refractivity contribution is 6.30. The van der Waals surface area contributed by atoms with Gasteiger partial charge in [-0.05, 0) is 48.9 Å². The lowest BCUT2D eigenvalue weighted by Gasteiger charge is -2.19. The average molecular weight is 408 g/mol. The first-order chi connectivity index (χ1) is 14.2. The number of amides is 2. The number of nitrogens with zero attached hydrogens (tertiary/aromatic N) is 4. The zero-order valence-electron chi connectivity index (χ0n) is 15.5. The summed E-state index contributed by atoms with van der Waals surface area (Å²) in [5, 5.41) is 3.50. The second-order valence-corrected chi connectivity index (χ2v) is 7.39. The summed E-state index contributed by atoms with van der Waals surface area (Å²) in [4.78, 5) is 23.8. The van der Waals surface area contributed by atoms with Crippen molar-refractivity contribution in [2.75, 3.05) is 18.4 Å². The first-order valence-corrected chi connectivity index (χ1v) is 9.75. The number of pyridine rings is 1. The second kappa shape index (κ2) is 7.25. The van der Waals surface area contributed by atoms with Gasteiger partial charge in [-0.2, -0.15) is 0 Å². The first-order valence-electron chi connectivity index (χ1n) is 9.37. The normalized spacial score (nSPS) is 16.4.